The van der Waals surface area contributed by atoms with E-state index in [-0.39, 0.29) is 0 Å². The van der Waals surface area contributed by atoms with E-state index in [4.69, 9.17) is 0 Å². The summed E-state index contributed by atoms with van der Waals surface area (Å²) in [7, 11) is 0. The van der Waals surface area contributed by atoms with E-state index < -0.39 is 14.3 Å². The van der Waals surface area contributed by atoms with Crippen LogP contribution in [0.4, 0.5) is 0 Å². The average molecular weight is 431 g/mol. The molecule has 0 spiro atoms. The van der Waals surface area contributed by atoms with Gasteiger partial charge in [-0.25, -0.2) is 0 Å². The van der Waals surface area contributed by atoms with E-state index in [1.54, 1.807) is 0 Å². The summed E-state index contributed by atoms with van der Waals surface area (Å²) in [4.78, 5) is 4.41. The fraction of sp³-hybridized carbons (Fsp3) is 1.00. The maximum atomic E-state index is 13.9. The van der Waals surface area contributed by atoms with Gasteiger partial charge in [0, 0.05) is 0 Å². The van der Waals surface area contributed by atoms with Crippen molar-refractivity contribution in [3.63, 3.8) is 0 Å². The second-order valence-corrected chi connectivity index (χ2v) is 22.5. The van der Waals surface area contributed by atoms with Crippen LogP contribution in [0.15, 0.2) is 0 Å². The molecule has 0 radical (unpaired) electrons. The number of unbranched alkanes of at least 4 members (excludes halogenated alkanes) is 4. The van der Waals surface area contributed by atoms with Crippen molar-refractivity contribution in [3.05, 3.63) is 0 Å². The van der Waals surface area contributed by atoms with E-state index in [1.165, 1.54) is 51.4 Å². The Balaban J connectivity index is 4.89. The maximum absolute atomic E-state index is 13.9. The summed E-state index contributed by atoms with van der Waals surface area (Å²) in [5, 5.41) is 0. The summed E-state index contributed by atoms with van der Waals surface area (Å²) in [6.07, 6.45) is 9.60. The van der Waals surface area contributed by atoms with Crippen LogP contribution in [0.3, 0.4) is 0 Å². The molecule has 0 aromatic heterocycles. The molecule has 0 aliphatic rings. The van der Waals surface area contributed by atoms with E-state index in [1.807, 2.05) is 0 Å². The topological polar surface area (TPSA) is 17.1 Å². The second kappa shape index (κ2) is 9.38. The molecule has 113 valence electrons. The fourth-order valence-electron chi connectivity index (χ4n) is 2.45. The number of hydrogen-bond donors (Lipinski definition) is 0. The first-order chi connectivity index (χ1) is 8.54. The van der Waals surface area contributed by atoms with Crippen LogP contribution >= 0.6 is 0 Å². The van der Waals surface area contributed by atoms with Crippen LogP contribution in [0.25, 0.3) is 0 Å². The van der Waals surface area contributed by atoms with E-state index in [9.17, 15) is 3.47 Å². The van der Waals surface area contributed by atoms with Gasteiger partial charge in [-0.05, 0) is 0 Å². The molecule has 0 aliphatic carbocycles. The monoisotopic (exact) mass is 431 g/mol. The molecule has 0 aromatic rings. The third-order valence-electron chi connectivity index (χ3n) is 3.86. The van der Waals surface area contributed by atoms with Gasteiger partial charge in [0.1, 0.15) is 0 Å². The zero-order valence-electron chi connectivity index (χ0n) is 13.3. The Morgan fingerprint density at radius 2 is 0.778 bits per heavy atom. The minimum absolute atomic E-state index is 1.10. The normalized spacial score (nSPS) is 14.3. The Labute approximate surface area is 116 Å². The standard InChI is InChI=1S/4C4H9.O.Re/c4*1-3-4-2;;/h4*1,3-4H2,2H3;;. The molecule has 0 atom stereocenters. The molecule has 0 saturated heterocycles. The van der Waals surface area contributed by atoms with Gasteiger partial charge in [0.2, 0.25) is 0 Å². The van der Waals surface area contributed by atoms with E-state index in [2.05, 4.69) is 27.7 Å². The first-order valence-electron chi connectivity index (χ1n) is 8.05. The minimum atomic E-state index is -3.51. The van der Waals surface area contributed by atoms with Crippen LogP contribution in [-0.4, -0.2) is 0 Å². The SMILES string of the molecule is CCC[CH2][Re](=[O])([CH2]CCC)([CH2]CCC)[CH2]CCC. The number of rotatable bonds is 12. The van der Waals surface area contributed by atoms with Crippen molar-refractivity contribution in [2.75, 3.05) is 0 Å². The third-order valence-corrected chi connectivity index (χ3v) is 21.4. The van der Waals surface area contributed by atoms with E-state index in [0.717, 1.165) is 19.6 Å². The molecule has 0 bridgehead atoms. The summed E-state index contributed by atoms with van der Waals surface area (Å²) < 4.78 is 13.9. The summed E-state index contributed by atoms with van der Waals surface area (Å²) >= 11 is -3.51. The van der Waals surface area contributed by atoms with Gasteiger partial charge in [0.05, 0.1) is 0 Å². The van der Waals surface area contributed by atoms with Gasteiger partial charge < -0.3 is 0 Å². The quantitative estimate of drug-likeness (QED) is 0.329. The Bertz CT molecular complexity index is 204. The van der Waals surface area contributed by atoms with Crippen LogP contribution in [-0.2, 0) is 17.7 Å². The van der Waals surface area contributed by atoms with Crippen molar-refractivity contribution in [2.24, 2.45) is 0 Å². The molecule has 0 unspecified atom stereocenters. The average Bonchev–Trinajstić information content (AvgIpc) is 2.40. The first kappa shape index (κ1) is 18.5. The number of hydrogen-bond acceptors (Lipinski definition) is 1. The van der Waals surface area contributed by atoms with Crippen LogP contribution in [0, 0.1) is 0 Å². The van der Waals surface area contributed by atoms with Gasteiger partial charge in [-0.2, -0.15) is 0 Å². The van der Waals surface area contributed by atoms with Crippen LogP contribution in [0.5, 0.6) is 0 Å². The third kappa shape index (κ3) is 6.58. The van der Waals surface area contributed by atoms with Gasteiger partial charge in [-0.15, -0.1) is 0 Å². The molecule has 0 saturated carbocycles. The molecule has 0 amide bonds. The van der Waals surface area contributed by atoms with Crippen molar-refractivity contribution >= 4 is 0 Å². The summed E-state index contributed by atoms with van der Waals surface area (Å²) in [6.45, 7) is 8.94. The van der Waals surface area contributed by atoms with Crippen molar-refractivity contribution in [1.29, 1.82) is 0 Å². The molecule has 0 aromatic carbocycles. The van der Waals surface area contributed by atoms with Crippen LogP contribution < -0.4 is 0 Å². The van der Waals surface area contributed by atoms with Crippen molar-refractivity contribution in [3.8, 4) is 0 Å². The Morgan fingerprint density at radius 1 is 0.556 bits per heavy atom. The van der Waals surface area contributed by atoms with Crippen LogP contribution in [0.1, 0.15) is 79.1 Å². The first-order valence-corrected chi connectivity index (χ1v) is 16.8. The molecule has 18 heavy (non-hydrogen) atoms. The predicted octanol–water partition coefficient (Wildman–Crippen LogP) is 6.90. The molecule has 0 heterocycles. The molecule has 1 nitrogen and oxygen atoms in total. The van der Waals surface area contributed by atoms with Gasteiger partial charge in [0.15, 0.2) is 0 Å². The molecular formula is C16H36ORe. The molecule has 2 heteroatoms. The Morgan fingerprint density at radius 3 is 0.944 bits per heavy atom. The van der Waals surface area contributed by atoms with Gasteiger partial charge in [0.25, 0.3) is 0 Å². The fourth-order valence-corrected chi connectivity index (χ4v) is 20.1. The van der Waals surface area contributed by atoms with Crippen LogP contribution in [0.2, 0.25) is 19.6 Å². The van der Waals surface area contributed by atoms with Gasteiger partial charge in [-0.3, -0.25) is 0 Å². The van der Waals surface area contributed by atoms with Crippen molar-refractivity contribution in [1.82, 2.24) is 0 Å². The second-order valence-electron chi connectivity index (χ2n) is 5.74. The van der Waals surface area contributed by atoms with E-state index >= 15 is 0 Å². The van der Waals surface area contributed by atoms with Gasteiger partial charge >= 0.3 is 116 Å². The van der Waals surface area contributed by atoms with Crippen molar-refractivity contribution in [2.45, 2.75) is 98.6 Å². The Hall–Kier alpha value is 0.462. The molecule has 0 aliphatic heterocycles. The molecule has 0 fully saturated rings. The van der Waals surface area contributed by atoms with Crippen molar-refractivity contribution < 1.29 is 17.7 Å². The zero-order valence-corrected chi connectivity index (χ0v) is 16.0. The predicted molar refractivity (Wildman–Crippen MR) is 79.5 cm³/mol. The summed E-state index contributed by atoms with van der Waals surface area (Å²) in [5.74, 6) is 0. The summed E-state index contributed by atoms with van der Waals surface area (Å²) in [6, 6.07) is 0. The molecular weight excluding hydrogens is 394 g/mol. The summed E-state index contributed by atoms with van der Waals surface area (Å²) in [5.41, 5.74) is 0. The van der Waals surface area contributed by atoms with Gasteiger partial charge in [-0.1, -0.05) is 0 Å². The molecule has 0 rings (SSSR count). The Kier molecular flexibility index (Phi) is 9.62. The van der Waals surface area contributed by atoms with E-state index in [0.29, 0.717) is 0 Å². The zero-order chi connectivity index (χ0) is 13.9. The molecule has 0 N–H and O–H groups in total.